The van der Waals surface area contributed by atoms with Gasteiger partial charge in [-0.1, -0.05) is 6.92 Å². The van der Waals surface area contributed by atoms with Gasteiger partial charge in [-0.15, -0.1) is 11.6 Å². The lowest BCUT2D eigenvalue weighted by atomic mass is 9.98. The molecule has 0 spiro atoms. The summed E-state index contributed by atoms with van der Waals surface area (Å²) in [4.78, 5) is 3.83. The molecular weight excluding hydrogens is 239 g/mol. The van der Waals surface area contributed by atoms with Gasteiger partial charge in [-0.3, -0.25) is 4.98 Å². The summed E-state index contributed by atoms with van der Waals surface area (Å²) in [6.45, 7) is 3.75. The number of nitrogens with zero attached hydrogens (tertiary/aromatic N) is 1. The highest BCUT2D eigenvalue weighted by Gasteiger charge is 2.31. The van der Waals surface area contributed by atoms with E-state index in [1.54, 1.807) is 0 Å². The molecule has 5 heteroatoms. The van der Waals surface area contributed by atoms with Crippen molar-refractivity contribution in [2.75, 3.05) is 0 Å². The molecule has 0 aromatic carbocycles. The van der Waals surface area contributed by atoms with Crippen LogP contribution in [-0.2, 0) is 6.18 Å². The van der Waals surface area contributed by atoms with Crippen LogP contribution in [0.5, 0.6) is 0 Å². The van der Waals surface area contributed by atoms with Crippen molar-refractivity contribution in [3.8, 4) is 0 Å². The maximum Gasteiger partial charge on any atom is 0.417 e. The Balaban J connectivity index is 2.94. The Morgan fingerprint density at radius 3 is 2.31 bits per heavy atom. The molecule has 0 bridgehead atoms. The summed E-state index contributed by atoms with van der Waals surface area (Å²) in [6, 6.07) is 2.44. The lowest BCUT2D eigenvalue weighted by Gasteiger charge is -2.17. The zero-order valence-corrected chi connectivity index (χ0v) is 9.81. The summed E-state index contributed by atoms with van der Waals surface area (Å²) in [5, 5.41) is -0.144. The van der Waals surface area contributed by atoms with Crippen LogP contribution < -0.4 is 0 Å². The molecule has 1 nitrogen and oxygen atoms in total. The quantitative estimate of drug-likeness (QED) is 0.733. The van der Waals surface area contributed by atoms with Crippen LogP contribution in [0.25, 0.3) is 0 Å². The van der Waals surface area contributed by atoms with Crippen LogP contribution in [0.4, 0.5) is 13.2 Å². The first-order valence-corrected chi connectivity index (χ1v) is 5.47. The smallest absolute Gasteiger partial charge is 0.260 e. The van der Waals surface area contributed by atoms with E-state index in [0.717, 1.165) is 18.7 Å². The van der Waals surface area contributed by atoms with Crippen molar-refractivity contribution < 1.29 is 13.2 Å². The van der Waals surface area contributed by atoms with E-state index in [-0.39, 0.29) is 11.3 Å². The summed E-state index contributed by atoms with van der Waals surface area (Å²) in [6.07, 6.45) is -2.72. The van der Waals surface area contributed by atoms with Crippen LogP contribution in [0.2, 0.25) is 0 Å². The zero-order valence-electron chi connectivity index (χ0n) is 9.05. The van der Waals surface area contributed by atoms with Crippen molar-refractivity contribution in [1.82, 2.24) is 4.98 Å². The van der Waals surface area contributed by atoms with Gasteiger partial charge in [0.1, 0.15) is 0 Å². The van der Waals surface area contributed by atoms with Gasteiger partial charge in [0.15, 0.2) is 0 Å². The molecule has 0 aliphatic heterocycles. The van der Waals surface area contributed by atoms with Gasteiger partial charge < -0.3 is 0 Å². The topological polar surface area (TPSA) is 12.9 Å². The second kappa shape index (κ2) is 5.04. The Hall–Kier alpha value is -0.770. The summed E-state index contributed by atoms with van der Waals surface area (Å²) in [5.41, 5.74) is -0.119. The van der Waals surface area contributed by atoms with Crippen LogP contribution in [0.3, 0.4) is 0 Å². The van der Waals surface area contributed by atoms with Gasteiger partial charge in [-0.2, -0.15) is 13.2 Å². The second-order valence-corrected chi connectivity index (χ2v) is 4.35. The fourth-order valence-corrected chi connectivity index (χ4v) is 1.87. The SMILES string of the molecule is CCC(c1ccc(C(F)(F)F)cn1)C(C)Cl. The van der Waals surface area contributed by atoms with E-state index in [1.807, 2.05) is 13.8 Å². The Bertz CT molecular complexity index is 332. The monoisotopic (exact) mass is 251 g/mol. The largest absolute Gasteiger partial charge is 0.417 e. The number of hydrogen-bond donors (Lipinski definition) is 0. The molecule has 0 saturated heterocycles. The van der Waals surface area contributed by atoms with E-state index >= 15 is 0 Å². The number of alkyl halides is 4. The van der Waals surface area contributed by atoms with Gasteiger partial charge in [-0.05, 0) is 25.5 Å². The molecule has 1 aromatic rings. The third-order valence-corrected chi connectivity index (χ3v) is 2.79. The molecule has 2 atom stereocenters. The maximum atomic E-state index is 12.3. The zero-order chi connectivity index (χ0) is 12.3. The number of aromatic nitrogens is 1. The molecule has 0 amide bonds. The number of pyridine rings is 1. The molecule has 0 aliphatic carbocycles. The van der Waals surface area contributed by atoms with E-state index in [9.17, 15) is 13.2 Å². The van der Waals surface area contributed by atoms with Gasteiger partial charge in [0.05, 0.1) is 5.56 Å². The van der Waals surface area contributed by atoms with Crippen molar-refractivity contribution in [3.05, 3.63) is 29.6 Å². The Kier molecular flexibility index (Phi) is 4.19. The van der Waals surface area contributed by atoms with Crippen LogP contribution in [-0.4, -0.2) is 10.4 Å². The molecule has 0 saturated carbocycles. The van der Waals surface area contributed by atoms with Crippen LogP contribution in [0, 0.1) is 0 Å². The van der Waals surface area contributed by atoms with Crippen molar-refractivity contribution in [2.24, 2.45) is 0 Å². The van der Waals surface area contributed by atoms with Crippen LogP contribution in [0.1, 0.15) is 37.4 Å². The lowest BCUT2D eigenvalue weighted by Crippen LogP contribution is -2.12. The number of halogens is 4. The summed E-state index contributed by atoms with van der Waals surface area (Å²) >= 11 is 5.95. The van der Waals surface area contributed by atoms with E-state index < -0.39 is 11.7 Å². The minimum atomic E-state index is -4.33. The van der Waals surface area contributed by atoms with E-state index in [4.69, 9.17) is 11.6 Å². The van der Waals surface area contributed by atoms with Gasteiger partial charge in [0, 0.05) is 23.2 Å². The molecule has 0 radical (unpaired) electrons. The van der Waals surface area contributed by atoms with Crippen molar-refractivity contribution in [3.63, 3.8) is 0 Å². The molecule has 0 fully saturated rings. The maximum absolute atomic E-state index is 12.3. The molecule has 0 aliphatic rings. The predicted molar refractivity (Wildman–Crippen MR) is 57.6 cm³/mol. The molecule has 1 aromatic heterocycles. The lowest BCUT2D eigenvalue weighted by molar-refractivity contribution is -0.137. The van der Waals surface area contributed by atoms with Gasteiger partial charge in [-0.25, -0.2) is 0 Å². The van der Waals surface area contributed by atoms with Gasteiger partial charge in [0.25, 0.3) is 0 Å². The first kappa shape index (κ1) is 13.3. The number of rotatable bonds is 3. The summed E-state index contributed by atoms with van der Waals surface area (Å²) in [5.74, 6) is -0.0102. The fourth-order valence-electron chi connectivity index (χ4n) is 1.56. The summed E-state index contributed by atoms with van der Waals surface area (Å²) < 4.78 is 36.9. The standard InChI is InChI=1S/C11H13ClF3N/c1-3-9(7(2)12)10-5-4-8(6-16-10)11(13,14)15/h4-7,9H,3H2,1-2H3. The summed E-state index contributed by atoms with van der Waals surface area (Å²) in [7, 11) is 0. The minimum Gasteiger partial charge on any atom is -0.260 e. The first-order chi connectivity index (χ1) is 7.36. The van der Waals surface area contributed by atoms with Crippen LogP contribution in [0.15, 0.2) is 18.3 Å². The van der Waals surface area contributed by atoms with Crippen molar-refractivity contribution in [2.45, 2.75) is 37.7 Å². The Morgan fingerprint density at radius 2 is 2.00 bits per heavy atom. The van der Waals surface area contributed by atoms with E-state index in [2.05, 4.69) is 4.98 Å². The van der Waals surface area contributed by atoms with Crippen molar-refractivity contribution in [1.29, 1.82) is 0 Å². The molecule has 16 heavy (non-hydrogen) atoms. The van der Waals surface area contributed by atoms with Crippen LogP contribution >= 0.6 is 11.6 Å². The van der Waals surface area contributed by atoms with E-state index in [0.29, 0.717) is 5.69 Å². The first-order valence-electron chi connectivity index (χ1n) is 5.03. The molecule has 1 heterocycles. The molecule has 1 rings (SSSR count). The van der Waals surface area contributed by atoms with Gasteiger partial charge in [0.2, 0.25) is 0 Å². The fraction of sp³-hybridized carbons (Fsp3) is 0.545. The highest BCUT2D eigenvalue weighted by molar-refractivity contribution is 6.20. The average molecular weight is 252 g/mol. The van der Waals surface area contributed by atoms with Gasteiger partial charge >= 0.3 is 6.18 Å². The average Bonchev–Trinajstić information content (AvgIpc) is 2.17. The highest BCUT2D eigenvalue weighted by atomic mass is 35.5. The third-order valence-electron chi connectivity index (χ3n) is 2.49. The normalized spacial score (nSPS) is 15.9. The highest BCUT2D eigenvalue weighted by Crippen LogP contribution is 2.30. The van der Waals surface area contributed by atoms with Crippen molar-refractivity contribution >= 4 is 11.6 Å². The Labute approximate surface area is 97.6 Å². The van der Waals surface area contributed by atoms with E-state index in [1.165, 1.54) is 6.07 Å². The minimum absolute atomic E-state index is 0.0102. The molecule has 0 N–H and O–H groups in total. The second-order valence-electron chi connectivity index (χ2n) is 3.66. The predicted octanol–water partition coefficient (Wildman–Crippen LogP) is 4.22. The Morgan fingerprint density at radius 1 is 1.38 bits per heavy atom. The molecule has 2 unspecified atom stereocenters. The third kappa shape index (κ3) is 3.11. The number of hydrogen-bond acceptors (Lipinski definition) is 1. The molecular formula is C11H13ClF3N. The molecule has 90 valence electrons.